The minimum Gasteiger partial charge on any atom is -0.338 e. The van der Waals surface area contributed by atoms with Crippen LogP contribution >= 0.6 is 0 Å². The molecule has 0 saturated carbocycles. The molecule has 5 aromatic rings. The lowest BCUT2D eigenvalue weighted by atomic mass is 10.1. The van der Waals surface area contributed by atoms with Crippen molar-refractivity contribution in [1.82, 2.24) is 24.5 Å². The average Bonchev–Trinajstić information content (AvgIpc) is 3.34. The standard InChI is InChI=1S/C28H25FN6O/c1-18-11-13-20(14-12-18)27(36)34-16-15-33(17-19(34)2)28-30-24-10-6-4-8-22(24)26-32-31-25(35(26)28)21-7-3-5-9-23(21)29/h3-14,19H,15-17H2,1-2H3/t19-/m0/s1. The first-order chi connectivity index (χ1) is 17.5. The van der Waals surface area contributed by atoms with Gasteiger partial charge in [-0.05, 0) is 50.2 Å². The number of carbonyl (C=O) groups excluding carboxylic acids is 1. The summed E-state index contributed by atoms with van der Waals surface area (Å²) < 4.78 is 16.6. The Labute approximate surface area is 207 Å². The molecule has 7 nitrogen and oxygen atoms in total. The summed E-state index contributed by atoms with van der Waals surface area (Å²) in [7, 11) is 0. The van der Waals surface area contributed by atoms with Gasteiger partial charge in [0.05, 0.1) is 11.1 Å². The number of halogens is 1. The maximum absolute atomic E-state index is 14.8. The summed E-state index contributed by atoms with van der Waals surface area (Å²) >= 11 is 0. The molecule has 1 saturated heterocycles. The van der Waals surface area contributed by atoms with E-state index in [1.807, 2.05) is 71.7 Å². The SMILES string of the molecule is Cc1ccc(C(=O)N2CCN(c3nc4ccccc4c4nnc(-c5ccccc5F)n34)C[C@@H]2C)cc1. The monoisotopic (exact) mass is 480 g/mol. The predicted octanol–water partition coefficient (Wildman–Crippen LogP) is 4.74. The molecule has 1 fully saturated rings. The molecule has 8 heteroatoms. The maximum Gasteiger partial charge on any atom is 0.254 e. The van der Waals surface area contributed by atoms with Gasteiger partial charge >= 0.3 is 0 Å². The molecule has 0 unspecified atom stereocenters. The largest absolute Gasteiger partial charge is 0.338 e. The molecule has 3 aromatic carbocycles. The fourth-order valence-corrected chi connectivity index (χ4v) is 4.90. The fraction of sp³-hybridized carbons (Fsp3) is 0.214. The van der Waals surface area contributed by atoms with Gasteiger partial charge in [0.15, 0.2) is 11.5 Å². The molecule has 36 heavy (non-hydrogen) atoms. The van der Waals surface area contributed by atoms with E-state index in [0.717, 1.165) is 16.5 Å². The van der Waals surface area contributed by atoms with Gasteiger partial charge in [-0.3, -0.25) is 4.79 Å². The van der Waals surface area contributed by atoms with E-state index in [2.05, 4.69) is 15.1 Å². The number of benzene rings is 3. The number of rotatable bonds is 3. The second kappa shape index (κ2) is 8.71. The predicted molar refractivity (Wildman–Crippen MR) is 138 cm³/mol. The number of aryl methyl sites for hydroxylation is 1. The van der Waals surface area contributed by atoms with E-state index in [1.165, 1.54) is 6.07 Å². The lowest BCUT2D eigenvalue weighted by Gasteiger charge is -2.40. The van der Waals surface area contributed by atoms with Crippen molar-refractivity contribution >= 4 is 28.4 Å². The number of amides is 1. The number of piperazine rings is 1. The van der Waals surface area contributed by atoms with Crippen molar-refractivity contribution in [2.45, 2.75) is 19.9 Å². The van der Waals surface area contributed by atoms with Gasteiger partial charge in [0.2, 0.25) is 5.95 Å². The van der Waals surface area contributed by atoms with E-state index in [1.54, 1.807) is 18.2 Å². The second-order valence-electron chi connectivity index (χ2n) is 9.25. The lowest BCUT2D eigenvalue weighted by molar-refractivity contribution is 0.0673. The number of anilines is 1. The van der Waals surface area contributed by atoms with Crippen molar-refractivity contribution in [3.63, 3.8) is 0 Å². The summed E-state index contributed by atoms with van der Waals surface area (Å²) in [5.41, 5.74) is 3.59. The Kier molecular flexibility index (Phi) is 5.36. The Hall–Kier alpha value is -4.33. The Balaban J connectivity index is 1.41. The van der Waals surface area contributed by atoms with Crippen LogP contribution in [-0.4, -0.2) is 56.1 Å². The number of nitrogens with zero attached hydrogens (tertiary/aromatic N) is 6. The zero-order valence-electron chi connectivity index (χ0n) is 20.1. The molecular formula is C28H25FN6O. The van der Waals surface area contributed by atoms with E-state index in [-0.39, 0.29) is 17.8 Å². The molecule has 1 aliphatic heterocycles. The van der Waals surface area contributed by atoms with Crippen LogP contribution in [0.25, 0.3) is 27.9 Å². The highest BCUT2D eigenvalue weighted by Crippen LogP contribution is 2.30. The van der Waals surface area contributed by atoms with Crippen molar-refractivity contribution in [3.8, 4) is 11.4 Å². The summed E-state index contributed by atoms with van der Waals surface area (Å²) in [5.74, 6) is 0.700. The van der Waals surface area contributed by atoms with E-state index in [4.69, 9.17) is 4.98 Å². The molecule has 0 N–H and O–H groups in total. The van der Waals surface area contributed by atoms with Crippen LogP contribution in [-0.2, 0) is 0 Å². The zero-order chi connectivity index (χ0) is 24.8. The number of hydrogen-bond acceptors (Lipinski definition) is 5. The van der Waals surface area contributed by atoms with Crippen LogP contribution in [0.1, 0.15) is 22.8 Å². The van der Waals surface area contributed by atoms with Crippen LogP contribution in [0.5, 0.6) is 0 Å². The molecule has 0 bridgehead atoms. The maximum atomic E-state index is 14.8. The summed E-state index contributed by atoms with van der Waals surface area (Å²) in [6.07, 6.45) is 0. The van der Waals surface area contributed by atoms with Crippen molar-refractivity contribution in [2.24, 2.45) is 0 Å². The summed E-state index contributed by atoms with van der Waals surface area (Å²) in [6.45, 7) is 5.75. The average molecular weight is 481 g/mol. The fourth-order valence-electron chi connectivity index (χ4n) is 4.90. The molecule has 3 heterocycles. The minimum absolute atomic E-state index is 0.0233. The summed E-state index contributed by atoms with van der Waals surface area (Å²) in [5, 5.41) is 9.67. The van der Waals surface area contributed by atoms with Crippen molar-refractivity contribution < 1.29 is 9.18 Å². The Bertz CT molecular complexity index is 1600. The number of hydrogen-bond donors (Lipinski definition) is 0. The highest BCUT2D eigenvalue weighted by atomic mass is 19.1. The van der Waals surface area contributed by atoms with Crippen LogP contribution < -0.4 is 4.90 Å². The van der Waals surface area contributed by atoms with Gasteiger partial charge in [-0.25, -0.2) is 13.8 Å². The molecule has 0 spiro atoms. The van der Waals surface area contributed by atoms with Crippen molar-refractivity contribution in [3.05, 3.63) is 89.7 Å². The van der Waals surface area contributed by atoms with Crippen molar-refractivity contribution in [1.29, 1.82) is 0 Å². The number of para-hydroxylation sites is 1. The van der Waals surface area contributed by atoms with Crippen LogP contribution in [0.15, 0.2) is 72.8 Å². The Morgan fingerprint density at radius 1 is 0.944 bits per heavy atom. The number of aromatic nitrogens is 4. The zero-order valence-corrected chi connectivity index (χ0v) is 20.1. The molecule has 6 rings (SSSR count). The molecule has 2 aromatic heterocycles. The highest BCUT2D eigenvalue weighted by Gasteiger charge is 2.31. The third kappa shape index (κ3) is 3.66. The smallest absolute Gasteiger partial charge is 0.254 e. The van der Waals surface area contributed by atoms with E-state index >= 15 is 0 Å². The Morgan fingerprint density at radius 3 is 2.47 bits per heavy atom. The van der Waals surface area contributed by atoms with Crippen molar-refractivity contribution in [2.75, 3.05) is 24.5 Å². The summed E-state index contributed by atoms with van der Waals surface area (Å²) in [4.78, 5) is 22.2. The molecule has 1 aliphatic rings. The summed E-state index contributed by atoms with van der Waals surface area (Å²) in [6, 6.07) is 21.9. The van der Waals surface area contributed by atoms with Gasteiger partial charge < -0.3 is 9.80 Å². The molecule has 1 amide bonds. The first kappa shape index (κ1) is 22.2. The van der Waals surface area contributed by atoms with E-state index < -0.39 is 0 Å². The van der Waals surface area contributed by atoms with Gasteiger partial charge in [0.1, 0.15) is 5.82 Å². The third-order valence-corrected chi connectivity index (χ3v) is 6.81. The molecule has 0 radical (unpaired) electrons. The van der Waals surface area contributed by atoms with E-state index in [9.17, 15) is 9.18 Å². The van der Waals surface area contributed by atoms with Gasteiger partial charge in [-0.15, -0.1) is 10.2 Å². The normalized spacial score (nSPS) is 16.1. The first-order valence-electron chi connectivity index (χ1n) is 12.0. The highest BCUT2D eigenvalue weighted by molar-refractivity contribution is 5.95. The number of carbonyl (C=O) groups is 1. The molecule has 0 aliphatic carbocycles. The second-order valence-corrected chi connectivity index (χ2v) is 9.25. The third-order valence-electron chi connectivity index (χ3n) is 6.81. The van der Waals surface area contributed by atoms with Crippen LogP contribution in [0.3, 0.4) is 0 Å². The first-order valence-corrected chi connectivity index (χ1v) is 12.0. The molecule has 180 valence electrons. The van der Waals surface area contributed by atoms with Gasteiger partial charge in [-0.2, -0.15) is 0 Å². The van der Waals surface area contributed by atoms with Gasteiger partial charge in [-0.1, -0.05) is 42.0 Å². The van der Waals surface area contributed by atoms with Gasteiger partial charge in [0.25, 0.3) is 5.91 Å². The quantitative estimate of drug-likeness (QED) is 0.373. The van der Waals surface area contributed by atoms with Gasteiger partial charge in [0, 0.05) is 36.6 Å². The topological polar surface area (TPSA) is 66.6 Å². The number of fused-ring (bicyclic) bond motifs is 3. The van der Waals surface area contributed by atoms with Crippen LogP contribution in [0.4, 0.5) is 10.3 Å². The van der Waals surface area contributed by atoms with E-state index in [0.29, 0.717) is 48.2 Å². The Morgan fingerprint density at radius 2 is 1.69 bits per heavy atom. The van der Waals surface area contributed by atoms with Crippen LogP contribution in [0.2, 0.25) is 0 Å². The molecular weight excluding hydrogens is 455 g/mol. The lowest BCUT2D eigenvalue weighted by Crippen LogP contribution is -2.54. The molecule has 1 atom stereocenters. The minimum atomic E-state index is -0.368. The van der Waals surface area contributed by atoms with Crippen LogP contribution in [0, 0.1) is 12.7 Å².